The number of fused-ring (bicyclic) bond motifs is 1. The van der Waals surface area contributed by atoms with E-state index < -0.39 is 0 Å². The third-order valence-electron chi connectivity index (χ3n) is 5.11. The summed E-state index contributed by atoms with van der Waals surface area (Å²) in [5.74, 6) is 0. The number of anilines is 1. The van der Waals surface area contributed by atoms with Crippen LogP contribution in [0, 0.1) is 0 Å². The van der Waals surface area contributed by atoms with E-state index in [1.54, 1.807) is 0 Å². The van der Waals surface area contributed by atoms with Crippen LogP contribution in [0.2, 0.25) is 0 Å². The molecular weight excluding hydrogens is 260 g/mol. The van der Waals surface area contributed by atoms with Crippen LogP contribution in [-0.4, -0.2) is 30.8 Å². The topological polar surface area (TPSA) is 38.5 Å². The minimum atomic E-state index is 0.0531. The van der Waals surface area contributed by atoms with Crippen molar-refractivity contribution in [2.75, 3.05) is 18.0 Å². The summed E-state index contributed by atoms with van der Waals surface area (Å²) < 4.78 is 5.97. The van der Waals surface area contributed by atoms with Crippen molar-refractivity contribution in [1.82, 2.24) is 0 Å². The molecule has 1 fully saturated rings. The molecule has 3 nitrogen and oxygen atoms in total. The fraction of sp³-hybridized carbons (Fsp3) is 0.667. The van der Waals surface area contributed by atoms with Crippen LogP contribution in [0.3, 0.4) is 0 Å². The molecule has 3 heteroatoms. The van der Waals surface area contributed by atoms with Crippen molar-refractivity contribution in [3.8, 4) is 0 Å². The lowest BCUT2D eigenvalue weighted by Gasteiger charge is -2.50. The zero-order valence-corrected chi connectivity index (χ0v) is 13.3. The smallest absolute Gasteiger partial charge is 0.0573 e. The van der Waals surface area contributed by atoms with Gasteiger partial charge in [-0.2, -0.15) is 0 Å². The van der Waals surface area contributed by atoms with Gasteiger partial charge in [-0.25, -0.2) is 0 Å². The molecule has 2 aliphatic heterocycles. The number of nitrogens with two attached hydrogens (primary N) is 1. The zero-order chi connectivity index (χ0) is 14.9. The Kier molecular flexibility index (Phi) is 4.23. The van der Waals surface area contributed by atoms with E-state index in [0.29, 0.717) is 6.54 Å². The summed E-state index contributed by atoms with van der Waals surface area (Å²) >= 11 is 0. The molecule has 21 heavy (non-hydrogen) atoms. The Morgan fingerprint density at radius 2 is 1.90 bits per heavy atom. The van der Waals surface area contributed by atoms with Crippen molar-refractivity contribution >= 4 is 5.69 Å². The van der Waals surface area contributed by atoms with Gasteiger partial charge < -0.3 is 15.4 Å². The molecule has 116 valence electrons. The summed E-state index contributed by atoms with van der Waals surface area (Å²) in [5, 5.41) is 0. The average Bonchev–Trinajstić information content (AvgIpc) is 2.68. The highest BCUT2D eigenvalue weighted by Crippen LogP contribution is 2.39. The van der Waals surface area contributed by atoms with E-state index >= 15 is 0 Å². The first-order valence-electron chi connectivity index (χ1n) is 8.36. The maximum atomic E-state index is 6.30. The largest absolute Gasteiger partial charge is 0.375 e. The van der Waals surface area contributed by atoms with Crippen LogP contribution in [0.15, 0.2) is 24.3 Å². The number of hydrogen-bond acceptors (Lipinski definition) is 3. The molecule has 0 aromatic heterocycles. The second-order valence-corrected chi connectivity index (χ2v) is 6.83. The van der Waals surface area contributed by atoms with Gasteiger partial charge >= 0.3 is 0 Å². The minimum Gasteiger partial charge on any atom is -0.375 e. The summed E-state index contributed by atoms with van der Waals surface area (Å²) in [6.45, 7) is 6.20. The van der Waals surface area contributed by atoms with Gasteiger partial charge in [0.2, 0.25) is 0 Å². The van der Waals surface area contributed by atoms with Crippen LogP contribution in [0.25, 0.3) is 0 Å². The summed E-state index contributed by atoms with van der Waals surface area (Å²) in [6.07, 6.45) is 6.34. The standard InChI is InChI=1S/C18H28N2O/c1-14-11-18(13-19,12-15(2)21-14)20-10-6-5-8-16-7-3-4-9-17(16)20/h3-4,7,9,14-15H,5-6,8,10-13,19H2,1-2H3. The highest BCUT2D eigenvalue weighted by atomic mass is 16.5. The van der Waals surface area contributed by atoms with Crippen LogP contribution in [-0.2, 0) is 11.2 Å². The predicted molar refractivity (Wildman–Crippen MR) is 87.8 cm³/mol. The fourth-order valence-corrected chi connectivity index (χ4v) is 4.33. The Morgan fingerprint density at radius 1 is 1.19 bits per heavy atom. The van der Waals surface area contributed by atoms with Crippen LogP contribution in [0.4, 0.5) is 5.69 Å². The Labute approximate surface area is 128 Å². The first kappa shape index (κ1) is 14.9. The van der Waals surface area contributed by atoms with Crippen molar-refractivity contribution in [1.29, 1.82) is 0 Å². The number of hydrogen-bond donors (Lipinski definition) is 1. The first-order chi connectivity index (χ1) is 10.1. The van der Waals surface area contributed by atoms with Gasteiger partial charge in [0, 0.05) is 18.8 Å². The lowest BCUT2D eigenvalue weighted by atomic mass is 9.81. The quantitative estimate of drug-likeness (QED) is 0.908. The molecule has 2 N–H and O–H groups in total. The van der Waals surface area contributed by atoms with E-state index in [-0.39, 0.29) is 17.7 Å². The third-order valence-corrected chi connectivity index (χ3v) is 5.11. The lowest BCUT2D eigenvalue weighted by molar-refractivity contribution is -0.0600. The van der Waals surface area contributed by atoms with E-state index in [0.717, 1.165) is 19.4 Å². The van der Waals surface area contributed by atoms with Gasteiger partial charge in [-0.05, 0) is 57.6 Å². The van der Waals surface area contributed by atoms with Gasteiger partial charge in [0.05, 0.1) is 17.7 Å². The van der Waals surface area contributed by atoms with Crippen molar-refractivity contribution in [2.24, 2.45) is 5.73 Å². The molecule has 2 unspecified atom stereocenters. The summed E-state index contributed by atoms with van der Waals surface area (Å²) in [6, 6.07) is 8.88. The molecule has 0 amide bonds. The van der Waals surface area contributed by atoms with E-state index in [1.165, 1.54) is 30.5 Å². The second-order valence-electron chi connectivity index (χ2n) is 6.83. The lowest BCUT2D eigenvalue weighted by Crippen LogP contribution is -2.60. The highest BCUT2D eigenvalue weighted by molar-refractivity contribution is 5.57. The molecule has 1 aromatic rings. The molecule has 2 aliphatic rings. The van der Waals surface area contributed by atoms with Gasteiger partial charge in [0.1, 0.15) is 0 Å². The molecule has 0 bridgehead atoms. The molecule has 0 aliphatic carbocycles. The first-order valence-corrected chi connectivity index (χ1v) is 8.36. The molecule has 0 radical (unpaired) electrons. The Hall–Kier alpha value is -1.06. The van der Waals surface area contributed by atoms with E-state index in [2.05, 4.69) is 43.0 Å². The Bertz CT molecular complexity index is 478. The average molecular weight is 288 g/mol. The van der Waals surface area contributed by atoms with Crippen molar-refractivity contribution in [3.63, 3.8) is 0 Å². The number of nitrogens with zero attached hydrogens (tertiary/aromatic N) is 1. The Balaban J connectivity index is 2.00. The molecule has 2 atom stereocenters. The molecule has 2 heterocycles. The van der Waals surface area contributed by atoms with E-state index in [1.807, 2.05) is 0 Å². The van der Waals surface area contributed by atoms with Crippen LogP contribution in [0.1, 0.15) is 45.1 Å². The summed E-state index contributed by atoms with van der Waals surface area (Å²) in [4.78, 5) is 2.62. The number of aryl methyl sites for hydroxylation is 1. The van der Waals surface area contributed by atoms with Gasteiger partial charge in [0.25, 0.3) is 0 Å². The van der Waals surface area contributed by atoms with Crippen molar-refractivity contribution < 1.29 is 4.74 Å². The number of para-hydroxylation sites is 1. The molecule has 0 saturated carbocycles. The maximum Gasteiger partial charge on any atom is 0.0573 e. The molecule has 0 spiro atoms. The minimum absolute atomic E-state index is 0.0531. The highest BCUT2D eigenvalue weighted by Gasteiger charge is 2.43. The summed E-state index contributed by atoms with van der Waals surface area (Å²) in [7, 11) is 0. The van der Waals surface area contributed by atoms with Gasteiger partial charge in [0.15, 0.2) is 0 Å². The number of benzene rings is 1. The SMILES string of the molecule is CC1CC(CN)(N2CCCCc3ccccc32)CC(C)O1. The van der Waals surface area contributed by atoms with Crippen LogP contribution >= 0.6 is 0 Å². The van der Waals surface area contributed by atoms with Gasteiger partial charge in [-0.15, -0.1) is 0 Å². The molecule has 1 aromatic carbocycles. The van der Waals surface area contributed by atoms with Gasteiger partial charge in [-0.1, -0.05) is 18.2 Å². The normalized spacial score (nSPS) is 33.4. The fourth-order valence-electron chi connectivity index (χ4n) is 4.33. The zero-order valence-electron chi connectivity index (χ0n) is 13.3. The van der Waals surface area contributed by atoms with E-state index in [9.17, 15) is 0 Å². The molecule has 1 saturated heterocycles. The third kappa shape index (κ3) is 2.82. The predicted octanol–water partition coefficient (Wildman–Crippen LogP) is 3.11. The van der Waals surface area contributed by atoms with Crippen LogP contribution in [0.5, 0.6) is 0 Å². The van der Waals surface area contributed by atoms with Crippen LogP contribution < -0.4 is 10.6 Å². The second kappa shape index (κ2) is 5.98. The monoisotopic (exact) mass is 288 g/mol. The Morgan fingerprint density at radius 3 is 2.62 bits per heavy atom. The number of ether oxygens (including phenoxy) is 1. The number of rotatable bonds is 2. The van der Waals surface area contributed by atoms with E-state index in [4.69, 9.17) is 10.5 Å². The maximum absolute atomic E-state index is 6.30. The van der Waals surface area contributed by atoms with Crippen molar-refractivity contribution in [2.45, 2.75) is 63.7 Å². The summed E-state index contributed by atoms with van der Waals surface area (Å²) in [5.41, 5.74) is 9.24. The molecular formula is C18H28N2O. The molecule has 3 rings (SSSR count). The van der Waals surface area contributed by atoms with Gasteiger partial charge in [-0.3, -0.25) is 0 Å². The van der Waals surface area contributed by atoms with Crippen molar-refractivity contribution in [3.05, 3.63) is 29.8 Å².